The fourth-order valence-corrected chi connectivity index (χ4v) is 2.15. The first-order valence-corrected chi connectivity index (χ1v) is 6.36. The lowest BCUT2D eigenvalue weighted by atomic mass is 10.2. The number of nitrogens with zero attached hydrogens (tertiary/aromatic N) is 2. The molecule has 0 radical (unpaired) electrons. The first kappa shape index (κ1) is 12.1. The normalized spacial score (nSPS) is 11.5. The predicted molar refractivity (Wildman–Crippen MR) is 71.9 cm³/mol. The Balaban J connectivity index is 2.41. The van der Waals surface area contributed by atoms with Crippen molar-refractivity contribution in [3.63, 3.8) is 0 Å². The Hall–Kier alpha value is -1.35. The van der Waals surface area contributed by atoms with E-state index in [2.05, 4.69) is 36.6 Å². The summed E-state index contributed by atoms with van der Waals surface area (Å²) in [4.78, 5) is 4.71. The second kappa shape index (κ2) is 5.32. The summed E-state index contributed by atoms with van der Waals surface area (Å²) in [6, 6.07) is 8.35. The summed E-state index contributed by atoms with van der Waals surface area (Å²) in [5.74, 6) is 1.80. The van der Waals surface area contributed by atoms with E-state index < -0.39 is 0 Å². The van der Waals surface area contributed by atoms with Crippen LogP contribution in [0.2, 0.25) is 0 Å². The zero-order valence-electron chi connectivity index (χ0n) is 10.7. The fraction of sp³-hybridized carbons (Fsp3) is 0.500. The number of hydrogen-bond acceptors (Lipinski definition) is 2. The third kappa shape index (κ3) is 2.67. The van der Waals surface area contributed by atoms with Gasteiger partial charge >= 0.3 is 0 Å². The SMILES string of the molecule is CC(C)Cn1c(CCCN)nc2ccccc21. The molecule has 2 N–H and O–H groups in total. The maximum atomic E-state index is 5.58. The van der Waals surface area contributed by atoms with Crippen LogP contribution in [0.25, 0.3) is 11.0 Å². The van der Waals surface area contributed by atoms with Crippen molar-refractivity contribution in [2.75, 3.05) is 6.54 Å². The molecule has 3 heteroatoms. The highest BCUT2D eigenvalue weighted by atomic mass is 15.1. The second-order valence-electron chi connectivity index (χ2n) is 4.91. The number of aromatic nitrogens is 2. The van der Waals surface area contributed by atoms with E-state index in [4.69, 9.17) is 10.7 Å². The highest BCUT2D eigenvalue weighted by Gasteiger charge is 2.10. The first-order valence-electron chi connectivity index (χ1n) is 6.36. The average Bonchev–Trinajstić information content (AvgIpc) is 2.64. The van der Waals surface area contributed by atoms with Crippen LogP contribution in [0.4, 0.5) is 0 Å². The topological polar surface area (TPSA) is 43.8 Å². The number of rotatable bonds is 5. The molecule has 2 rings (SSSR count). The van der Waals surface area contributed by atoms with Crippen LogP contribution < -0.4 is 5.73 Å². The lowest BCUT2D eigenvalue weighted by Gasteiger charge is -2.11. The van der Waals surface area contributed by atoms with Gasteiger partial charge in [-0.25, -0.2) is 4.98 Å². The summed E-state index contributed by atoms with van der Waals surface area (Å²) in [6.07, 6.45) is 1.97. The molecular weight excluding hydrogens is 210 g/mol. The lowest BCUT2D eigenvalue weighted by Crippen LogP contribution is -2.10. The van der Waals surface area contributed by atoms with Crippen LogP contribution in [0.1, 0.15) is 26.1 Å². The van der Waals surface area contributed by atoms with Crippen molar-refractivity contribution in [1.82, 2.24) is 9.55 Å². The molecule has 17 heavy (non-hydrogen) atoms. The molecule has 0 unspecified atom stereocenters. The van der Waals surface area contributed by atoms with Crippen LogP contribution in [0, 0.1) is 5.92 Å². The Kier molecular flexibility index (Phi) is 3.79. The minimum atomic E-state index is 0.629. The van der Waals surface area contributed by atoms with E-state index in [9.17, 15) is 0 Å². The van der Waals surface area contributed by atoms with Crippen molar-refractivity contribution in [1.29, 1.82) is 0 Å². The van der Waals surface area contributed by atoms with E-state index in [1.54, 1.807) is 0 Å². The lowest BCUT2D eigenvalue weighted by molar-refractivity contribution is 0.514. The second-order valence-corrected chi connectivity index (χ2v) is 4.91. The van der Waals surface area contributed by atoms with Crippen molar-refractivity contribution in [3.05, 3.63) is 30.1 Å². The molecule has 2 aromatic rings. The number of para-hydroxylation sites is 2. The van der Waals surface area contributed by atoms with Gasteiger partial charge in [-0.1, -0.05) is 26.0 Å². The van der Waals surface area contributed by atoms with Gasteiger partial charge in [0, 0.05) is 13.0 Å². The van der Waals surface area contributed by atoms with Gasteiger partial charge in [0.05, 0.1) is 11.0 Å². The van der Waals surface area contributed by atoms with E-state index in [0.717, 1.165) is 31.4 Å². The summed E-state index contributed by atoms with van der Waals surface area (Å²) >= 11 is 0. The van der Waals surface area contributed by atoms with Crippen LogP contribution in [0.15, 0.2) is 24.3 Å². The van der Waals surface area contributed by atoms with Crippen LogP contribution in [0.5, 0.6) is 0 Å². The fourth-order valence-electron chi connectivity index (χ4n) is 2.15. The molecule has 1 aromatic heterocycles. The molecule has 0 aliphatic heterocycles. The Labute approximate surface area is 103 Å². The third-order valence-corrected chi connectivity index (χ3v) is 2.89. The molecule has 0 atom stereocenters. The van der Waals surface area contributed by atoms with Crippen LogP contribution in [-0.2, 0) is 13.0 Å². The van der Waals surface area contributed by atoms with Crippen molar-refractivity contribution in [2.45, 2.75) is 33.2 Å². The van der Waals surface area contributed by atoms with Gasteiger partial charge in [-0.2, -0.15) is 0 Å². The van der Waals surface area contributed by atoms with Crippen molar-refractivity contribution >= 4 is 11.0 Å². The standard InChI is InChI=1S/C14H21N3/c1-11(2)10-17-13-7-4-3-6-12(13)16-14(17)8-5-9-15/h3-4,6-7,11H,5,8-10,15H2,1-2H3. The third-order valence-electron chi connectivity index (χ3n) is 2.89. The monoisotopic (exact) mass is 231 g/mol. The quantitative estimate of drug-likeness (QED) is 0.859. The van der Waals surface area contributed by atoms with Gasteiger partial charge in [0.1, 0.15) is 5.82 Å². The van der Waals surface area contributed by atoms with Gasteiger partial charge in [0.15, 0.2) is 0 Å². The van der Waals surface area contributed by atoms with Crippen LogP contribution >= 0.6 is 0 Å². The smallest absolute Gasteiger partial charge is 0.109 e. The van der Waals surface area contributed by atoms with Gasteiger partial charge in [0.2, 0.25) is 0 Å². The Morgan fingerprint density at radius 2 is 2.06 bits per heavy atom. The van der Waals surface area contributed by atoms with Crippen molar-refractivity contribution < 1.29 is 0 Å². The predicted octanol–water partition coefficient (Wildman–Crippen LogP) is 2.58. The molecule has 0 aliphatic carbocycles. The maximum Gasteiger partial charge on any atom is 0.109 e. The molecular formula is C14H21N3. The number of hydrogen-bond donors (Lipinski definition) is 1. The summed E-state index contributed by atoms with van der Waals surface area (Å²) < 4.78 is 2.34. The molecule has 0 bridgehead atoms. The highest BCUT2D eigenvalue weighted by molar-refractivity contribution is 5.75. The number of benzene rings is 1. The minimum Gasteiger partial charge on any atom is -0.330 e. The number of imidazole rings is 1. The number of fused-ring (bicyclic) bond motifs is 1. The van der Waals surface area contributed by atoms with Gasteiger partial charge in [-0.3, -0.25) is 0 Å². The van der Waals surface area contributed by atoms with E-state index in [1.807, 2.05) is 6.07 Å². The van der Waals surface area contributed by atoms with E-state index >= 15 is 0 Å². The Bertz CT molecular complexity index is 485. The highest BCUT2D eigenvalue weighted by Crippen LogP contribution is 2.18. The Morgan fingerprint density at radius 1 is 1.29 bits per heavy atom. The molecule has 0 fully saturated rings. The molecule has 0 saturated heterocycles. The first-order chi connectivity index (χ1) is 8.22. The minimum absolute atomic E-state index is 0.629. The summed E-state index contributed by atoms with van der Waals surface area (Å²) in [6.45, 7) is 6.23. The summed E-state index contributed by atoms with van der Waals surface area (Å²) in [5, 5.41) is 0. The average molecular weight is 231 g/mol. The molecule has 1 aromatic carbocycles. The number of nitrogens with two attached hydrogens (primary N) is 1. The van der Waals surface area contributed by atoms with Crippen LogP contribution in [-0.4, -0.2) is 16.1 Å². The molecule has 0 spiro atoms. The molecule has 0 aliphatic rings. The largest absolute Gasteiger partial charge is 0.330 e. The Morgan fingerprint density at radius 3 is 2.76 bits per heavy atom. The van der Waals surface area contributed by atoms with Crippen molar-refractivity contribution in [3.8, 4) is 0 Å². The van der Waals surface area contributed by atoms with Gasteiger partial charge < -0.3 is 10.3 Å². The summed E-state index contributed by atoms with van der Waals surface area (Å²) in [7, 11) is 0. The van der Waals surface area contributed by atoms with Gasteiger partial charge in [0.25, 0.3) is 0 Å². The van der Waals surface area contributed by atoms with Gasteiger partial charge in [-0.15, -0.1) is 0 Å². The molecule has 92 valence electrons. The number of aryl methyl sites for hydroxylation is 1. The molecule has 1 heterocycles. The molecule has 3 nitrogen and oxygen atoms in total. The zero-order chi connectivity index (χ0) is 12.3. The van der Waals surface area contributed by atoms with Crippen LogP contribution in [0.3, 0.4) is 0 Å². The zero-order valence-corrected chi connectivity index (χ0v) is 10.7. The van der Waals surface area contributed by atoms with E-state index in [-0.39, 0.29) is 0 Å². The van der Waals surface area contributed by atoms with Gasteiger partial charge in [-0.05, 0) is 31.0 Å². The van der Waals surface area contributed by atoms with E-state index in [1.165, 1.54) is 11.3 Å². The molecule has 0 saturated carbocycles. The van der Waals surface area contributed by atoms with E-state index in [0.29, 0.717) is 5.92 Å². The van der Waals surface area contributed by atoms with Crippen molar-refractivity contribution in [2.24, 2.45) is 11.7 Å². The maximum absolute atomic E-state index is 5.58. The molecule has 0 amide bonds. The summed E-state index contributed by atoms with van der Waals surface area (Å²) in [5.41, 5.74) is 7.93.